The Morgan fingerprint density at radius 3 is 2.43 bits per heavy atom. The van der Waals surface area contributed by atoms with Gasteiger partial charge in [0.05, 0.1) is 16.9 Å². The Hall–Kier alpha value is -2.04. The smallest absolute Gasteiger partial charge is 0.134 e. The monoisotopic (exact) mass is 192 g/mol. The largest absolute Gasteiger partial charge is 0.508 e. The second-order valence-electron chi connectivity index (χ2n) is 3.29. The van der Waals surface area contributed by atoms with Gasteiger partial charge in [0.2, 0.25) is 0 Å². The zero-order valence-electron chi connectivity index (χ0n) is 7.78. The van der Waals surface area contributed by atoms with Crippen LogP contribution in [0.1, 0.15) is 5.69 Å². The number of aryl methyl sites for hydroxylation is 1. The normalized spacial score (nSPS) is 10.9. The van der Waals surface area contributed by atoms with Crippen molar-refractivity contribution in [2.24, 2.45) is 0 Å². The van der Waals surface area contributed by atoms with Gasteiger partial charge < -0.3 is 22.3 Å². The highest BCUT2D eigenvalue weighted by molar-refractivity contribution is 5.91. The van der Waals surface area contributed by atoms with Gasteiger partial charge in [0.15, 0.2) is 0 Å². The van der Waals surface area contributed by atoms with Crippen LogP contribution in [-0.2, 0) is 0 Å². The zero-order valence-corrected chi connectivity index (χ0v) is 7.78. The highest BCUT2D eigenvalue weighted by Gasteiger charge is 2.12. The summed E-state index contributed by atoms with van der Waals surface area (Å²) in [7, 11) is 0. The summed E-state index contributed by atoms with van der Waals surface area (Å²) in [5, 5.41) is 9.39. The predicted octanol–water partition coefficient (Wildman–Crippen LogP) is 0.700. The Morgan fingerprint density at radius 1 is 1.14 bits per heavy atom. The van der Waals surface area contributed by atoms with E-state index >= 15 is 0 Å². The molecular weight excluding hydrogens is 180 g/mol. The molecule has 0 aliphatic heterocycles. The van der Waals surface area contributed by atoms with Crippen LogP contribution in [0.4, 0.5) is 17.2 Å². The summed E-state index contributed by atoms with van der Waals surface area (Å²) >= 11 is 0. The van der Waals surface area contributed by atoms with E-state index in [1.54, 1.807) is 10.5 Å². The van der Waals surface area contributed by atoms with Crippen molar-refractivity contribution in [3.05, 3.63) is 17.8 Å². The molecule has 0 atom stereocenters. The molecule has 2 aromatic rings. The minimum Gasteiger partial charge on any atom is -0.508 e. The highest BCUT2D eigenvalue weighted by atomic mass is 16.3. The molecule has 0 aromatic carbocycles. The molecular formula is C9H12N4O. The fourth-order valence-corrected chi connectivity index (χ4v) is 1.63. The van der Waals surface area contributed by atoms with Crippen molar-refractivity contribution in [1.82, 2.24) is 4.40 Å². The second-order valence-corrected chi connectivity index (χ2v) is 3.29. The Kier molecular flexibility index (Phi) is 1.51. The van der Waals surface area contributed by atoms with Crippen LogP contribution in [0, 0.1) is 6.92 Å². The lowest BCUT2D eigenvalue weighted by molar-refractivity contribution is 0.474. The first-order chi connectivity index (χ1) is 6.52. The quantitative estimate of drug-likeness (QED) is 0.493. The zero-order chi connectivity index (χ0) is 10.5. The number of pyridine rings is 1. The van der Waals surface area contributed by atoms with Gasteiger partial charge in [-0.2, -0.15) is 0 Å². The average molecular weight is 192 g/mol. The van der Waals surface area contributed by atoms with Gasteiger partial charge in [-0.15, -0.1) is 0 Å². The molecule has 2 rings (SSSR count). The minimum atomic E-state index is 0.152. The minimum absolute atomic E-state index is 0.152. The average Bonchev–Trinajstić information content (AvgIpc) is 2.31. The molecule has 0 aliphatic rings. The number of nitrogens with zero attached hydrogens (tertiary/aromatic N) is 1. The molecule has 5 nitrogen and oxygen atoms in total. The standard InChI is InChI=1S/C9H12N4O/c1-4-2-5(14)3-6-7(10)8(11)9(12)13(4)6/h2-3,14H,10-12H2,1H3. The van der Waals surface area contributed by atoms with E-state index < -0.39 is 0 Å². The van der Waals surface area contributed by atoms with Crippen molar-refractivity contribution in [1.29, 1.82) is 0 Å². The molecule has 0 spiro atoms. The van der Waals surface area contributed by atoms with Crippen LogP contribution < -0.4 is 17.2 Å². The number of aromatic hydroxyl groups is 1. The topological polar surface area (TPSA) is 103 Å². The second kappa shape index (κ2) is 2.47. The van der Waals surface area contributed by atoms with Gasteiger partial charge in [0.25, 0.3) is 0 Å². The molecule has 7 N–H and O–H groups in total. The third kappa shape index (κ3) is 0.891. The van der Waals surface area contributed by atoms with Crippen LogP contribution in [0.15, 0.2) is 12.1 Å². The number of anilines is 3. The fourth-order valence-electron chi connectivity index (χ4n) is 1.63. The number of fused-ring (bicyclic) bond motifs is 1. The summed E-state index contributed by atoms with van der Waals surface area (Å²) in [5.74, 6) is 0.564. The maximum atomic E-state index is 9.39. The molecule has 0 radical (unpaired) electrons. The van der Waals surface area contributed by atoms with E-state index in [0.717, 1.165) is 5.69 Å². The van der Waals surface area contributed by atoms with Gasteiger partial charge in [-0.25, -0.2) is 0 Å². The molecule has 74 valence electrons. The Morgan fingerprint density at radius 2 is 1.79 bits per heavy atom. The van der Waals surface area contributed by atoms with Gasteiger partial charge >= 0.3 is 0 Å². The fraction of sp³-hybridized carbons (Fsp3) is 0.111. The SMILES string of the molecule is Cc1cc(O)cc2c(N)c(N)c(N)n12. The van der Waals surface area contributed by atoms with Crippen LogP contribution in [0.5, 0.6) is 5.75 Å². The van der Waals surface area contributed by atoms with E-state index in [0.29, 0.717) is 22.7 Å². The number of nitrogen functional groups attached to an aromatic ring is 3. The molecule has 0 bridgehead atoms. The lowest BCUT2D eigenvalue weighted by atomic mass is 10.3. The van der Waals surface area contributed by atoms with E-state index in [9.17, 15) is 5.11 Å². The highest BCUT2D eigenvalue weighted by Crippen LogP contribution is 2.33. The first-order valence-electron chi connectivity index (χ1n) is 4.17. The summed E-state index contributed by atoms with van der Waals surface area (Å²) in [4.78, 5) is 0. The van der Waals surface area contributed by atoms with E-state index in [4.69, 9.17) is 17.2 Å². The van der Waals surface area contributed by atoms with Gasteiger partial charge in [0, 0.05) is 11.8 Å². The van der Waals surface area contributed by atoms with E-state index in [1.165, 1.54) is 6.07 Å². The van der Waals surface area contributed by atoms with Gasteiger partial charge in [-0.1, -0.05) is 0 Å². The molecule has 2 heterocycles. The first kappa shape index (κ1) is 8.55. The molecule has 0 aliphatic carbocycles. The maximum absolute atomic E-state index is 9.39. The first-order valence-corrected chi connectivity index (χ1v) is 4.17. The van der Waals surface area contributed by atoms with Gasteiger partial charge in [-0.05, 0) is 13.0 Å². The molecule has 2 aromatic heterocycles. The van der Waals surface area contributed by atoms with Crippen LogP contribution in [0.25, 0.3) is 5.52 Å². The summed E-state index contributed by atoms with van der Waals surface area (Å²) in [6.45, 7) is 1.82. The Balaban J connectivity index is 3.02. The number of hydrogen-bond donors (Lipinski definition) is 4. The van der Waals surface area contributed by atoms with Crippen LogP contribution in [0.3, 0.4) is 0 Å². The number of hydrogen-bond acceptors (Lipinski definition) is 4. The Bertz CT molecular complexity index is 515. The lowest BCUT2D eigenvalue weighted by Crippen LogP contribution is -1.98. The van der Waals surface area contributed by atoms with E-state index in [-0.39, 0.29) is 5.75 Å². The summed E-state index contributed by atoms with van der Waals surface area (Å²) in [6.07, 6.45) is 0. The third-order valence-electron chi connectivity index (χ3n) is 2.32. The van der Waals surface area contributed by atoms with Crippen molar-refractivity contribution in [2.75, 3.05) is 17.2 Å². The molecule has 0 unspecified atom stereocenters. The number of aromatic nitrogens is 1. The summed E-state index contributed by atoms with van der Waals surface area (Å²) < 4.78 is 1.71. The number of rotatable bonds is 0. The predicted molar refractivity (Wildman–Crippen MR) is 57.0 cm³/mol. The van der Waals surface area contributed by atoms with Crippen LogP contribution >= 0.6 is 0 Å². The molecule has 0 saturated heterocycles. The van der Waals surface area contributed by atoms with Crippen LogP contribution in [0.2, 0.25) is 0 Å². The molecule has 0 amide bonds. The van der Waals surface area contributed by atoms with E-state index in [2.05, 4.69) is 0 Å². The summed E-state index contributed by atoms with van der Waals surface area (Å²) in [6, 6.07) is 3.14. The van der Waals surface area contributed by atoms with Crippen molar-refractivity contribution < 1.29 is 5.11 Å². The number of nitrogens with two attached hydrogens (primary N) is 3. The van der Waals surface area contributed by atoms with Crippen LogP contribution in [-0.4, -0.2) is 9.51 Å². The van der Waals surface area contributed by atoms with Gasteiger partial charge in [-0.3, -0.25) is 4.40 Å². The maximum Gasteiger partial charge on any atom is 0.134 e. The van der Waals surface area contributed by atoms with Crippen molar-refractivity contribution in [3.63, 3.8) is 0 Å². The molecule has 14 heavy (non-hydrogen) atoms. The van der Waals surface area contributed by atoms with E-state index in [1.807, 2.05) is 6.92 Å². The van der Waals surface area contributed by atoms with Gasteiger partial charge in [0.1, 0.15) is 11.6 Å². The lowest BCUT2D eigenvalue weighted by Gasteiger charge is -2.03. The molecule has 0 saturated carbocycles. The van der Waals surface area contributed by atoms with Crippen molar-refractivity contribution in [3.8, 4) is 5.75 Å². The third-order valence-corrected chi connectivity index (χ3v) is 2.32. The van der Waals surface area contributed by atoms with Crippen molar-refractivity contribution >= 4 is 22.7 Å². The summed E-state index contributed by atoms with van der Waals surface area (Å²) in [5.41, 5.74) is 19.4. The Labute approximate surface area is 80.7 Å². The van der Waals surface area contributed by atoms with Crippen molar-refractivity contribution in [2.45, 2.75) is 6.92 Å². The molecule has 0 fully saturated rings. The molecule has 5 heteroatoms.